The predicted molar refractivity (Wildman–Crippen MR) is 129 cm³/mol. The van der Waals surface area contributed by atoms with Crippen LogP contribution in [0.5, 0.6) is 0 Å². The zero-order valence-electron chi connectivity index (χ0n) is 18.4. The molecule has 2 aromatic carbocycles. The van der Waals surface area contributed by atoms with Crippen molar-refractivity contribution in [2.24, 2.45) is 0 Å². The maximum Gasteiger partial charge on any atom is 0.335 e. The smallest absolute Gasteiger partial charge is 0.335 e. The Morgan fingerprint density at radius 1 is 1.09 bits per heavy atom. The average molecular weight is 491 g/mol. The Hall–Kier alpha value is -2.67. The van der Waals surface area contributed by atoms with Crippen LogP contribution in [0, 0.1) is 5.82 Å². The lowest BCUT2D eigenvalue weighted by molar-refractivity contribution is 0.0697. The second kappa shape index (κ2) is 11.0. The highest BCUT2D eigenvalue weighted by Crippen LogP contribution is 2.22. The van der Waals surface area contributed by atoms with E-state index >= 15 is 0 Å². The zero-order valence-corrected chi connectivity index (χ0v) is 19.9. The number of pyridine rings is 1. The molecule has 0 bridgehead atoms. The fraction of sp³-hybridized carbons (Fsp3) is 0.280. The topological polar surface area (TPSA) is 62.5 Å². The molecule has 0 aliphatic rings. The van der Waals surface area contributed by atoms with Gasteiger partial charge in [-0.05, 0) is 68.3 Å². The molecule has 3 rings (SSSR count). The minimum absolute atomic E-state index is 0.0421. The van der Waals surface area contributed by atoms with Crippen molar-refractivity contribution in [3.05, 3.63) is 103 Å². The highest BCUT2D eigenvalue weighted by Gasteiger charge is 2.18. The number of aromatic carboxylic acids is 1. The number of benzene rings is 2. The van der Waals surface area contributed by atoms with Gasteiger partial charge in [0.2, 0.25) is 0 Å². The van der Waals surface area contributed by atoms with E-state index in [4.69, 9.17) is 28.3 Å². The van der Waals surface area contributed by atoms with E-state index in [-0.39, 0.29) is 28.0 Å². The highest BCUT2D eigenvalue weighted by molar-refractivity contribution is 6.34. The quantitative estimate of drug-likeness (QED) is 0.442. The first-order valence-corrected chi connectivity index (χ1v) is 11.3. The van der Waals surface area contributed by atoms with E-state index in [1.807, 2.05) is 20.0 Å². The van der Waals surface area contributed by atoms with Crippen LogP contribution in [0.3, 0.4) is 0 Å². The Bertz CT molecular complexity index is 1200. The van der Waals surface area contributed by atoms with Gasteiger partial charge in [-0.1, -0.05) is 47.5 Å². The molecular weight excluding hydrogens is 466 g/mol. The molecule has 3 aromatic rings. The third-order valence-corrected chi connectivity index (χ3v) is 6.30. The normalized spacial score (nSPS) is 12.2. The molecule has 174 valence electrons. The molecule has 8 heteroatoms. The number of aromatic nitrogens is 1. The third-order valence-electron chi connectivity index (χ3n) is 5.70. The summed E-state index contributed by atoms with van der Waals surface area (Å²) in [6.07, 6.45) is 1.14. The molecule has 1 aromatic heterocycles. The number of nitrogens with zero attached hydrogens (tertiary/aromatic N) is 2. The van der Waals surface area contributed by atoms with E-state index in [2.05, 4.69) is 4.90 Å². The van der Waals surface area contributed by atoms with Gasteiger partial charge >= 0.3 is 5.97 Å². The lowest BCUT2D eigenvalue weighted by Crippen LogP contribution is -2.34. The average Bonchev–Trinajstić information content (AvgIpc) is 2.77. The van der Waals surface area contributed by atoms with E-state index < -0.39 is 5.97 Å². The van der Waals surface area contributed by atoms with Crippen LogP contribution in [0.1, 0.15) is 34.1 Å². The van der Waals surface area contributed by atoms with Gasteiger partial charge in [-0.25, -0.2) is 9.18 Å². The number of carboxylic acids is 1. The highest BCUT2D eigenvalue weighted by atomic mass is 35.5. The molecular formula is C25H25Cl2FN2O3. The van der Waals surface area contributed by atoms with E-state index in [1.54, 1.807) is 22.8 Å². The van der Waals surface area contributed by atoms with Gasteiger partial charge in [-0.3, -0.25) is 9.69 Å². The molecule has 1 atom stereocenters. The van der Waals surface area contributed by atoms with Crippen LogP contribution in [0.4, 0.5) is 4.39 Å². The summed E-state index contributed by atoms with van der Waals surface area (Å²) in [6.45, 7) is 2.77. The Kier molecular flexibility index (Phi) is 8.30. The summed E-state index contributed by atoms with van der Waals surface area (Å²) in [7, 11) is 1.92. The fourth-order valence-electron chi connectivity index (χ4n) is 3.64. The van der Waals surface area contributed by atoms with Crippen molar-refractivity contribution >= 4 is 29.2 Å². The van der Waals surface area contributed by atoms with Crippen LogP contribution in [-0.2, 0) is 25.9 Å². The number of carbonyl (C=O) groups is 1. The van der Waals surface area contributed by atoms with Gasteiger partial charge in [0.25, 0.3) is 5.56 Å². The molecule has 0 amide bonds. The molecule has 33 heavy (non-hydrogen) atoms. The summed E-state index contributed by atoms with van der Waals surface area (Å²) >= 11 is 12.6. The molecule has 5 nitrogen and oxygen atoms in total. The second-order valence-electron chi connectivity index (χ2n) is 8.09. The summed E-state index contributed by atoms with van der Waals surface area (Å²) in [6, 6.07) is 14.6. The monoisotopic (exact) mass is 490 g/mol. The van der Waals surface area contributed by atoms with Gasteiger partial charge in [-0.15, -0.1) is 0 Å². The minimum atomic E-state index is -0.989. The Morgan fingerprint density at radius 3 is 2.42 bits per heavy atom. The molecule has 0 aliphatic heterocycles. The number of carboxylic acid groups (broad SMARTS) is 1. The van der Waals surface area contributed by atoms with E-state index in [1.165, 1.54) is 30.3 Å². The number of hydrogen-bond donors (Lipinski definition) is 1. The van der Waals surface area contributed by atoms with Crippen LogP contribution in [-0.4, -0.2) is 33.6 Å². The number of rotatable bonds is 9. The molecule has 1 N–H and O–H groups in total. The molecule has 0 saturated heterocycles. The van der Waals surface area contributed by atoms with Crippen LogP contribution in [0.2, 0.25) is 10.0 Å². The van der Waals surface area contributed by atoms with E-state index in [9.17, 15) is 14.0 Å². The van der Waals surface area contributed by atoms with Crippen molar-refractivity contribution in [3.8, 4) is 0 Å². The third kappa shape index (κ3) is 6.44. The van der Waals surface area contributed by atoms with Gasteiger partial charge in [0.1, 0.15) is 10.8 Å². The van der Waals surface area contributed by atoms with Crippen molar-refractivity contribution in [3.63, 3.8) is 0 Å². The standard InChI is InChI=1S/C25H25Cl2FN2O3/c1-16(12-18-4-3-5-20(28)13-18)29(2)15-23-21(26)14-22(27)24(31)30(23)11-10-17-6-8-19(9-7-17)25(32)33/h3-9,13-14,16H,10-12,15H2,1-2H3,(H,32,33). The number of aryl methyl sites for hydroxylation is 1. The van der Waals surface area contributed by atoms with Crippen molar-refractivity contribution in [1.29, 1.82) is 0 Å². The first kappa shape index (κ1) is 25.0. The maximum absolute atomic E-state index is 13.5. The van der Waals surface area contributed by atoms with Crippen LogP contribution in [0.25, 0.3) is 0 Å². The van der Waals surface area contributed by atoms with Gasteiger partial charge in [0.15, 0.2) is 0 Å². The molecule has 0 aliphatic carbocycles. The van der Waals surface area contributed by atoms with Crippen molar-refractivity contribution in [1.82, 2.24) is 9.47 Å². The summed E-state index contributed by atoms with van der Waals surface area (Å²) < 4.78 is 15.1. The van der Waals surface area contributed by atoms with E-state index in [0.717, 1.165) is 11.1 Å². The summed E-state index contributed by atoms with van der Waals surface area (Å²) in [5.41, 5.74) is 2.29. The fourth-order valence-corrected chi connectivity index (χ4v) is 4.18. The second-order valence-corrected chi connectivity index (χ2v) is 8.91. The van der Waals surface area contributed by atoms with E-state index in [0.29, 0.717) is 36.6 Å². The number of halogens is 3. The maximum atomic E-state index is 13.5. The van der Waals surface area contributed by atoms with Crippen molar-refractivity contribution in [2.45, 2.75) is 38.9 Å². The van der Waals surface area contributed by atoms with Crippen molar-refractivity contribution < 1.29 is 14.3 Å². The predicted octanol–water partition coefficient (Wildman–Crippen LogP) is 5.30. The molecule has 0 radical (unpaired) electrons. The number of likely N-dealkylation sites (N-methyl/N-ethyl adjacent to an activating group) is 1. The number of hydrogen-bond acceptors (Lipinski definition) is 3. The Morgan fingerprint density at radius 2 is 1.79 bits per heavy atom. The first-order valence-electron chi connectivity index (χ1n) is 10.5. The largest absolute Gasteiger partial charge is 0.478 e. The van der Waals surface area contributed by atoms with Gasteiger partial charge in [-0.2, -0.15) is 0 Å². The van der Waals surface area contributed by atoms with Gasteiger partial charge in [0, 0.05) is 19.1 Å². The molecule has 1 heterocycles. The van der Waals surface area contributed by atoms with Crippen LogP contribution in [0.15, 0.2) is 59.4 Å². The van der Waals surface area contributed by atoms with Crippen molar-refractivity contribution in [2.75, 3.05) is 7.05 Å². The molecule has 0 fully saturated rings. The molecule has 0 saturated carbocycles. The minimum Gasteiger partial charge on any atom is -0.478 e. The first-order chi connectivity index (χ1) is 15.7. The van der Waals surface area contributed by atoms with Crippen LogP contribution < -0.4 is 5.56 Å². The zero-order chi connectivity index (χ0) is 24.1. The Balaban J connectivity index is 1.79. The SMILES string of the molecule is CC(Cc1cccc(F)c1)N(C)Cc1c(Cl)cc(Cl)c(=O)n1CCc1ccc(C(=O)O)cc1. The van der Waals surface area contributed by atoms with Gasteiger partial charge < -0.3 is 9.67 Å². The lowest BCUT2D eigenvalue weighted by Gasteiger charge is -2.27. The summed E-state index contributed by atoms with van der Waals surface area (Å²) in [4.78, 5) is 25.9. The molecule has 0 spiro atoms. The summed E-state index contributed by atoms with van der Waals surface area (Å²) in [5.74, 6) is -1.26. The van der Waals surface area contributed by atoms with Gasteiger partial charge in [0.05, 0.1) is 16.3 Å². The molecule has 1 unspecified atom stereocenters. The summed E-state index contributed by atoms with van der Waals surface area (Å²) in [5, 5.41) is 9.49. The van der Waals surface area contributed by atoms with Crippen LogP contribution >= 0.6 is 23.2 Å². The lowest BCUT2D eigenvalue weighted by atomic mass is 10.1. The Labute approximate surface area is 202 Å².